The van der Waals surface area contributed by atoms with Crippen LogP contribution in [0.2, 0.25) is 5.02 Å². The van der Waals surface area contributed by atoms with Gasteiger partial charge in [0.15, 0.2) is 0 Å². The average Bonchev–Trinajstić information content (AvgIpc) is 3.05. The van der Waals surface area contributed by atoms with E-state index in [1.807, 2.05) is 37.3 Å². The van der Waals surface area contributed by atoms with Gasteiger partial charge in [-0.25, -0.2) is 8.42 Å². The van der Waals surface area contributed by atoms with E-state index in [9.17, 15) is 13.2 Å². The highest BCUT2D eigenvalue weighted by Crippen LogP contribution is 2.30. The average molecular weight is 491 g/mol. The summed E-state index contributed by atoms with van der Waals surface area (Å²) in [5.41, 5.74) is 2.05. The van der Waals surface area contributed by atoms with Crippen LogP contribution in [0.15, 0.2) is 81.3 Å². The van der Waals surface area contributed by atoms with Crippen molar-refractivity contribution in [3.8, 4) is 0 Å². The molecule has 4 rings (SSSR count). The van der Waals surface area contributed by atoms with Gasteiger partial charge in [-0.3, -0.25) is 14.1 Å². The number of anilines is 1. The Kier molecular flexibility index (Phi) is 6.43. The minimum atomic E-state index is -3.80. The summed E-state index contributed by atoms with van der Waals surface area (Å²) in [7, 11) is -3.80. The molecule has 3 aromatic carbocycles. The van der Waals surface area contributed by atoms with Crippen molar-refractivity contribution >= 4 is 60.6 Å². The van der Waals surface area contributed by atoms with Gasteiger partial charge in [-0.1, -0.05) is 60.2 Å². The first-order chi connectivity index (χ1) is 14.9. The first-order valence-corrected chi connectivity index (χ1v) is 13.2. The number of thiazole rings is 1. The number of para-hydroxylation sites is 1. The van der Waals surface area contributed by atoms with Crippen LogP contribution in [-0.4, -0.2) is 18.7 Å². The van der Waals surface area contributed by atoms with E-state index in [4.69, 9.17) is 11.6 Å². The van der Waals surface area contributed by atoms with E-state index in [1.54, 1.807) is 46.7 Å². The Hall–Kier alpha value is -2.26. The predicted molar refractivity (Wildman–Crippen MR) is 130 cm³/mol. The van der Waals surface area contributed by atoms with Crippen molar-refractivity contribution in [2.45, 2.75) is 23.3 Å². The lowest BCUT2D eigenvalue weighted by Gasteiger charge is -2.12. The molecular weight excluding hydrogens is 472 g/mol. The molecule has 1 heterocycles. The minimum Gasteiger partial charge on any atom is -0.294 e. The summed E-state index contributed by atoms with van der Waals surface area (Å²) >= 11 is 8.83. The molecule has 0 saturated heterocycles. The molecule has 4 aromatic rings. The van der Waals surface area contributed by atoms with Crippen molar-refractivity contribution in [2.75, 3.05) is 10.5 Å². The van der Waals surface area contributed by atoms with Crippen molar-refractivity contribution in [1.29, 1.82) is 0 Å². The smallest absolute Gasteiger partial charge is 0.294 e. The number of nitrogens with zero attached hydrogens (tertiary/aromatic N) is 1. The minimum absolute atomic E-state index is 0.113. The molecule has 0 aliphatic carbocycles. The molecule has 0 aliphatic heterocycles. The number of sulfonamides is 1. The summed E-state index contributed by atoms with van der Waals surface area (Å²) in [5.74, 6) is 0.831. The van der Waals surface area contributed by atoms with Gasteiger partial charge in [-0.2, -0.15) is 0 Å². The lowest BCUT2D eigenvalue weighted by Crippen LogP contribution is -2.14. The number of nitrogens with one attached hydrogen (secondary N) is 1. The third-order valence-corrected chi connectivity index (χ3v) is 8.30. The Labute approximate surface area is 193 Å². The van der Waals surface area contributed by atoms with Crippen molar-refractivity contribution in [3.63, 3.8) is 0 Å². The van der Waals surface area contributed by atoms with Gasteiger partial charge in [0, 0.05) is 9.92 Å². The molecule has 0 saturated carbocycles. The molecule has 0 radical (unpaired) electrons. The molecule has 0 aliphatic rings. The molecular formula is C22H19ClN2O3S3. The van der Waals surface area contributed by atoms with Crippen LogP contribution in [0.5, 0.6) is 0 Å². The Morgan fingerprint density at radius 1 is 1.06 bits per heavy atom. The van der Waals surface area contributed by atoms with Crippen LogP contribution in [0.3, 0.4) is 0 Å². The molecule has 0 spiro atoms. The van der Waals surface area contributed by atoms with E-state index in [0.717, 1.165) is 27.5 Å². The van der Waals surface area contributed by atoms with E-state index in [1.165, 1.54) is 6.07 Å². The highest BCUT2D eigenvalue weighted by Gasteiger charge is 2.19. The maximum atomic E-state index is 13.0. The maximum Gasteiger partial charge on any atom is 0.308 e. The predicted octanol–water partition coefficient (Wildman–Crippen LogP) is 5.68. The van der Waals surface area contributed by atoms with Crippen LogP contribution in [0.1, 0.15) is 12.5 Å². The fraction of sp³-hybridized carbons (Fsp3) is 0.136. The fourth-order valence-electron chi connectivity index (χ4n) is 3.20. The number of fused-ring (bicyclic) bond motifs is 1. The Morgan fingerprint density at radius 2 is 1.81 bits per heavy atom. The number of thioether (sulfide) groups is 1. The van der Waals surface area contributed by atoms with Gasteiger partial charge in [0.25, 0.3) is 10.0 Å². The zero-order valence-electron chi connectivity index (χ0n) is 16.5. The summed E-state index contributed by atoms with van der Waals surface area (Å²) in [6.07, 6.45) is 0. The van der Waals surface area contributed by atoms with Crippen LogP contribution in [0.25, 0.3) is 10.2 Å². The molecule has 1 aromatic heterocycles. The van der Waals surface area contributed by atoms with Gasteiger partial charge < -0.3 is 0 Å². The molecule has 5 nitrogen and oxygen atoms in total. The van der Waals surface area contributed by atoms with Crippen molar-refractivity contribution in [1.82, 2.24) is 4.57 Å². The van der Waals surface area contributed by atoms with Crippen LogP contribution in [0, 0.1) is 0 Å². The summed E-state index contributed by atoms with van der Waals surface area (Å²) in [6.45, 7) is 2.34. The lowest BCUT2D eigenvalue weighted by molar-refractivity contribution is 0.601. The van der Waals surface area contributed by atoms with Crippen LogP contribution >= 0.6 is 34.7 Å². The van der Waals surface area contributed by atoms with Gasteiger partial charge >= 0.3 is 4.87 Å². The summed E-state index contributed by atoms with van der Waals surface area (Å²) < 4.78 is 30.9. The van der Waals surface area contributed by atoms with Gasteiger partial charge in [-0.15, -0.1) is 11.8 Å². The molecule has 0 unspecified atom stereocenters. The lowest BCUT2D eigenvalue weighted by atomic mass is 10.2. The zero-order valence-corrected chi connectivity index (χ0v) is 19.7. The zero-order chi connectivity index (χ0) is 22.0. The van der Waals surface area contributed by atoms with E-state index in [2.05, 4.69) is 4.72 Å². The fourth-order valence-corrected chi connectivity index (χ4v) is 6.33. The molecule has 1 N–H and O–H groups in total. The van der Waals surface area contributed by atoms with E-state index in [-0.39, 0.29) is 9.77 Å². The Balaban J connectivity index is 1.69. The standard InChI is InChI=1S/C22H19ClN2O3S3/c1-2-29-20-10-6-5-9-18(20)24-31(27,28)16-11-12-19-21(13-16)30-22(26)25(19)14-15-7-3-4-8-17(15)23/h3-13,24H,2,14H2,1H3. The van der Waals surface area contributed by atoms with Crippen LogP contribution < -0.4 is 9.60 Å². The van der Waals surface area contributed by atoms with E-state index < -0.39 is 10.0 Å². The maximum absolute atomic E-state index is 13.0. The first-order valence-electron chi connectivity index (χ1n) is 9.50. The highest BCUT2D eigenvalue weighted by molar-refractivity contribution is 7.99. The number of rotatable bonds is 7. The van der Waals surface area contributed by atoms with Crippen LogP contribution in [-0.2, 0) is 16.6 Å². The second-order valence-corrected chi connectivity index (χ2v) is 11.1. The van der Waals surface area contributed by atoms with Crippen LogP contribution in [0.4, 0.5) is 5.69 Å². The van der Waals surface area contributed by atoms with Crippen molar-refractivity contribution < 1.29 is 8.42 Å². The molecule has 9 heteroatoms. The number of aromatic nitrogens is 1. The topological polar surface area (TPSA) is 68.2 Å². The molecule has 31 heavy (non-hydrogen) atoms. The third kappa shape index (κ3) is 4.67. The number of halogens is 1. The van der Waals surface area contributed by atoms with Gasteiger partial charge in [0.2, 0.25) is 0 Å². The van der Waals surface area contributed by atoms with E-state index in [0.29, 0.717) is 27.5 Å². The SMILES string of the molecule is CCSc1ccccc1NS(=O)(=O)c1ccc2c(c1)sc(=O)n2Cc1ccccc1Cl. The first kappa shape index (κ1) is 22.0. The van der Waals surface area contributed by atoms with Crippen molar-refractivity contribution in [3.05, 3.63) is 87.0 Å². The second kappa shape index (κ2) is 9.08. The molecule has 0 amide bonds. The number of benzene rings is 3. The summed E-state index contributed by atoms with van der Waals surface area (Å²) in [6, 6.07) is 19.4. The van der Waals surface area contributed by atoms with Gasteiger partial charge in [0.05, 0.1) is 27.3 Å². The Morgan fingerprint density at radius 3 is 2.58 bits per heavy atom. The number of hydrogen-bond acceptors (Lipinski definition) is 5. The quantitative estimate of drug-likeness (QED) is 0.338. The second-order valence-electron chi connectivity index (χ2n) is 6.71. The molecule has 0 atom stereocenters. The summed E-state index contributed by atoms with van der Waals surface area (Å²) in [4.78, 5) is 13.4. The molecule has 160 valence electrons. The summed E-state index contributed by atoms with van der Waals surface area (Å²) in [5, 5.41) is 0.584. The highest BCUT2D eigenvalue weighted by atomic mass is 35.5. The van der Waals surface area contributed by atoms with E-state index >= 15 is 0 Å². The Bertz CT molecular complexity index is 1410. The molecule has 0 bridgehead atoms. The number of hydrogen-bond donors (Lipinski definition) is 1. The van der Waals surface area contributed by atoms with Crippen molar-refractivity contribution in [2.24, 2.45) is 0 Å². The largest absolute Gasteiger partial charge is 0.308 e. The normalized spacial score (nSPS) is 11.7. The van der Waals surface area contributed by atoms with Gasteiger partial charge in [0.1, 0.15) is 0 Å². The molecule has 0 fully saturated rings. The monoisotopic (exact) mass is 490 g/mol. The third-order valence-electron chi connectivity index (χ3n) is 4.67. The van der Waals surface area contributed by atoms with Gasteiger partial charge in [-0.05, 0) is 47.7 Å².